The molecule has 1 saturated carbocycles. The van der Waals surface area contributed by atoms with E-state index >= 15 is 0 Å². The molecule has 116 valence electrons. The van der Waals surface area contributed by atoms with Crippen LogP contribution >= 0.6 is 12.4 Å². The summed E-state index contributed by atoms with van der Waals surface area (Å²) in [5.74, 6) is -0.303. The lowest BCUT2D eigenvalue weighted by atomic mass is 10.0. The fourth-order valence-corrected chi connectivity index (χ4v) is 2.58. The van der Waals surface area contributed by atoms with Crippen molar-refractivity contribution in [1.29, 1.82) is 0 Å². The van der Waals surface area contributed by atoms with Gasteiger partial charge in [-0.2, -0.15) is 0 Å². The standard InChI is InChI=1S/C15H21N3O2.ClH/c1-9-3-6-13(12(7-9)15(20)17-2)18-14(19)10-4-5-11(16)8-10;/h3,6-7,10-11H,4-5,8,16H2,1-2H3,(H,17,20)(H,18,19);1H. The van der Waals surface area contributed by atoms with Crippen molar-refractivity contribution in [1.82, 2.24) is 5.32 Å². The third kappa shape index (κ3) is 4.19. The molecule has 0 aromatic heterocycles. The Morgan fingerprint density at radius 3 is 2.57 bits per heavy atom. The Kier molecular flexibility index (Phi) is 6.18. The Hall–Kier alpha value is -1.59. The Morgan fingerprint density at radius 2 is 2.00 bits per heavy atom. The van der Waals surface area contributed by atoms with Crippen molar-refractivity contribution >= 4 is 29.9 Å². The number of hydrogen-bond acceptors (Lipinski definition) is 3. The molecular formula is C15H22ClN3O2. The summed E-state index contributed by atoms with van der Waals surface area (Å²) in [5.41, 5.74) is 7.85. The van der Waals surface area contributed by atoms with Gasteiger partial charge in [-0.25, -0.2) is 0 Å². The molecule has 1 aliphatic rings. The van der Waals surface area contributed by atoms with E-state index < -0.39 is 0 Å². The molecule has 5 nitrogen and oxygen atoms in total. The van der Waals surface area contributed by atoms with E-state index in [1.54, 1.807) is 19.2 Å². The van der Waals surface area contributed by atoms with Crippen LogP contribution in [0.25, 0.3) is 0 Å². The largest absolute Gasteiger partial charge is 0.355 e. The van der Waals surface area contributed by atoms with Gasteiger partial charge in [0.1, 0.15) is 0 Å². The number of benzene rings is 1. The minimum absolute atomic E-state index is 0. The molecular weight excluding hydrogens is 290 g/mol. The quantitative estimate of drug-likeness (QED) is 0.796. The Morgan fingerprint density at radius 1 is 1.29 bits per heavy atom. The minimum atomic E-state index is -0.202. The molecule has 4 N–H and O–H groups in total. The van der Waals surface area contributed by atoms with E-state index in [0.29, 0.717) is 17.7 Å². The van der Waals surface area contributed by atoms with Crippen molar-refractivity contribution in [2.75, 3.05) is 12.4 Å². The molecule has 1 aromatic rings. The van der Waals surface area contributed by atoms with Crippen LogP contribution in [-0.2, 0) is 4.79 Å². The lowest BCUT2D eigenvalue weighted by Crippen LogP contribution is -2.26. The molecule has 2 unspecified atom stereocenters. The van der Waals surface area contributed by atoms with Gasteiger partial charge >= 0.3 is 0 Å². The van der Waals surface area contributed by atoms with E-state index in [-0.39, 0.29) is 36.2 Å². The Balaban J connectivity index is 0.00000220. The molecule has 2 amide bonds. The molecule has 6 heteroatoms. The number of rotatable bonds is 3. The number of carbonyl (C=O) groups excluding carboxylic acids is 2. The summed E-state index contributed by atoms with van der Waals surface area (Å²) in [6.45, 7) is 1.91. The third-order valence-corrected chi connectivity index (χ3v) is 3.75. The fourth-order valence-electron chi connectivity index (χ4n) is 2.58. The van der Waals surface area contributed by atoms with E-state index in [1.807, 2.05) is 13.0 Å². The second-order valence-corrected chi connectivity index (χ2v) is 5.39. The fraction of sp³-hybridized carbons (Fsp3) is 0.467. The number of carbonyl (C=O) groups is 2. The van der Waals surface area contributed by atoms with E-state index in [1.165, 1.54) is 0 Å². The molecule has 0 bridgehead atoms. The number of nitrogens with one attached hydrogen (secondary N) is 2. The molecule has 2 atom stereocenters. The predicted molar refractivity (Wildman–Crippen MR) is 85.8 cm³/mol. The third-order valence-electron chi connectivity index (χ3n) is 3.75. The maximum Gasteiger partial charge on any atom is 0.253 e. The molecule has 1 aromatic carbocycles. The number of halogens is 1. The first-order chi connectivity index (χ1) is 9.51. The lowest BCUT2D eigenvalue weighted by Gasteiger charge is -2.14. The highest BCUT2D eigenvalue weighted by atomic mass is 35.5. The molecule has 0 spiro atoms. The van der Waals surface area contributed by atoms with Gasteiger partial charge in [0.15, 0.2) is 0 Å². The summed E-state index contributed by atoms with van der Waals surface area (Å²) < 4.78 is 0. The highest BCUT2D eigenvalue weighted by molar-refractivity contribution is 6.04. The van der Waals surface area contributed by atoms with Crippen LogP contribution in [0.15, 0.2) is 18.2 Å². The van der Waals surface area contributed by atoms with Gasteiger partial charge < -0.3 is 16.4 Å². The van der Waals surface area contributed by atoms with Crippen LogP contribution in [-0.4, -0.2) is 24.9 Å². The smallest absolute Gasteiger partial charge is 0.253 e. The van der Waals surface area contributed by atoms with Crippen LogP contribution in [0.3, 0.4) is 0 Å². The van der Waals surface area contributed by atoms with Crippen LogP contribution in [0, 0.1) is 12.8 Å². The normalized spacial score (nSPS) is 20.5. The van der Waals surface area contributed by atoms with E-state index in [4.69, 9.17) is 5.73 Å². The van der Waals surface area contributed by atoms with Crippen LogP contribution in [0.1, 0.15) is 35.2 Å². The van der Waals surface area contributed by atoms with Crippen LogP contribution in [0.5, 0.6) is 0 Å². The number of amides is 2. The maximum absolute atomic E-state index is 12.2. The first-order valence-electron chi connectivity index (χ1n) is 6.90. The average Bonchev–Trinajstić information content (AvgIpc) is 2.86. The number of anilines is 1. The van der Waals surface area contributed by atoms with Gasteiger partial charge in [0.2, 0.25) is 5.91 Å². The summed E-state index contributed by atoms with van der Waals surface area (Å²) >= 11 is 0. The number of nitrogens with two attached hydrogens (primary N) is 1. The minimum Gasteiger partial charge on any atom is -0.355 e. The molecule has 0 aliphatic heterocycles. The van der Waals surface area contributed by atoms with Gasteiger partial charge in [-0.1, -0.05) is 11.6 Å². The first kappa shape index (κ1) is 17.5. The van der Waals surface area contributed by atoms with Gasteiger partial charge in [-0.05, 0) is 38.3 Å². The summed E-state index contributed by atoms with van der Waals surface area (Å²) in [6, 6.07) is 5.53. The number of aryl methyl sites for hydroxylation is 1. The predicted octanol–water partition coefficient (Wildman–Crippen LogP) is 1.84. The van der Waals surface area contributed by atoms with Crippen molar-refractivity contribution in [3.8, 4) is 0 Å². The van der Waals surface area contributed by atoms with Crippen LogP contribution < -0.4 is 16.4 Å². The van der Waals surface area contributed by atoms with Gasteiger partial charge in [0.05, 0.1) is 11.3 Å². The zero-order valence-corrected chi connectivity index (χ0v) is 13.1. The molecule has 1 fully saturated rings. The highest BCUT2D eigenvalue weighted by Crippen LogP contribution is 2.26. The van der Waals surface area contributed by atoms with Gasteiger partial charge in [0, 0.05) is 19.0 Å². The van der Waals surface area contributed by atoms with Crippen molar-refractivity contribution in [2.45, 2.75) is 32.2 Å². The van der Waals surface area contributed by atoms with Crippen LogP contribution in [0.2, 0.25) is 0 Å². The van der Waals surface area contributed by atoms with Crippen LogP contribution in [0.4, 0.5) is 5.69 Å². The summed E-state index contributed by atoms with van der Waals surface area (Å²) in [4.78, 5) is 24.1. The Labute approximate surface area is 131 Å². The van der Waals surface area contributed by atoms with Crippen molar-refractivity contribution in [3.05, 3.63) is 29.3 Å². The first-order valence-corrected chi connectivity index (χ1v) is 6.90. The maximum atomic E-state index is 12.2. The molecule has 2 rings (SSSR count). The lowest BCUT2D eigenvalue weighted by molar-refractivity contribution is -0.119. The second-order valence-electron chi connectivity index (χ2n) is 5.39. The summed E-state index contributed by atoms with van der Waals surface area (Å²) in [5, 5.41) is 5.45. The van der Waals surface area contributed by atoms with Gasteiger partial charge in [-0.3, -0.25) is 9.59 Å². The topological polar surface area (TPSA) is 84.2 Å². The van der Waals surface area contributed by atoms with Gasteiger partial charge in [-0.15, -0.1) is 12.4 Å². The van der Waals surface area contributed by atoms with Crippen molar-refractivity contribution < 1.29 is 9.59 Å². The number of hydrogen-bond donors (Lipinski definition) is 3. The Bertz CT molecular complexity index is 534. The van der Waals surface area contributed by atoms with E-state index in [9.17, 15) is 9.59 Å². The molecule has 0 heterocycles. The average molecular weight is 312 g/mol. The molecule has 0 saturated heterocycles. The highest BCUT2D eigenvalue weighted by Gasteiger charge is 2.28. The van der Waals surface area contributed by atoms with Crippen molar-refractivity contribution in [2.24, 2.45) is 11.7 Å². The SMILES string of the molecule is CNC(=O)c1cc(C)ccc1NC(=O)C1CCC(N)C1.Cl. The van der Waals surface area contributed by atoms with E-state index in [0.717, 1.165) is 18.4 Å². The summed E-state index contributed by atoms with van der Waals surface area (Å²) in [7, 11) is 1.58. The second kappa shape index (κ2) is 7.43. The van der Waals surface area contributed by atoms with Gasteiger partial charge in [0.25, 0.3) is 5.91 Å². The molecule has 21 heavy (non-hydrogen) atoms. The molecule has 0 radical (unpaired) electrons. The van der Waals surface area contributed by atoms with Crippen molar-refractivity contribution in [3.63, 3.8) is 0 Å². The zero-order valence-electron chi connectivity index (χ0n) is 12.3. The van der Waals surface area contributed by atoms with E-state index in [2.05, 4.69) is 10.6 Å². The summed E-state index contributed by atoms with van der Waals surface area (Å²) in [6.07, 6.45) is 2.41. The monoisotopic (exact) mass is 311 g/mol. The molecule has 1 aliphatic carbocycles. The zero-order chi connectivity index (χ0) is 14.7.